The average molecular weight is 518 g/mol. The smallest absolute Gasteiger partial charge is 0.522 e. The maximum absolute atomic E-state index is 10.7. The van der Waals surface area contributed by atoms with Crippen LogP contribution in [-0.2, 0) is 46.4 Å². The van der Waals surface area contributed by atoms with Crippen LogP contribution < -0.4 is 0 Å². The molecule has 0 heterocycles. The van der Waals surface area contributed by atoms with Gasteiger partial charge in [-0.05, 0) is 0 Å². The van der Waals surface area contributed by atoms with Crippen molar-refractivity contribution in [3.63, 3.8) is 0 Å². The number of halogens is 6. The molecule has 6 nitrogen and oxygen atoms in total. The summed E-state index contributed by atoms with van der Waals surface area (Å²) in [7, 11) is -11.7. The Kier molecular flexibility index (Phi) is 15.0. The second kappa shape index (κ2) is 13.2. The van der Waals surface area contributed by atoms with E-state index >= 15 is 0 Å². The monoisotopic (exact) mass is 516 g/mol. The second-order valence-electron chi connectivity index (χ2n) is 3.49. The Morgan fingerprint density at radius 3 is 1.07 bits per heavy atom. The molecule has 0 aliphatic carbocycles. The van der Waals surface area contributed by atoms with Crippen molar-refractivity contribution in [2.24, 2.45) is 0 Å². The second-order valence-corrected chi connectivity index (χ2v) is 6.31. The van der Waals surface area contributed by atoms with Gasteiger partial charge >= 0.3 is 31.3 Å². The first kappa shape index (κ1) is 30.7. The molecular formula is C12H8F6O6S2Zr-6. The molecular weight excluding hydrogens is 509 g/mol. The van der Waals surface area contributed by atoms with Crippen molar-refractivity contribution in [2.75, 3.05) is 0 Å². The summed E-state index contributed by atoms with van der Waals surface area (Å²) in [6.45, 7) is 0. The zero-order valence-corrected chi connectivity index (χ0v) is 16.7. The first-order valence-corrected chi connectivity index (χ1v) is 8.45. The largest absolute Gasteiger partial charge is 0.999 e. The topological polar surface area (TPSA) is 109 Å². The minimum absolute atomic E-state index is 0. The molecule has 0 aliphatic heterocycles. The summed E-state index contributed by atoms with van der Waals surface area (Å²) in [6.07, 6.45) is 0. The SMILES string of the molecule is O=S(=O)(O)C(F)(F)F.O=S(=O)(O)C(F)(F)F.[Zr].[c-]1[c-][c-][cH-][c-]1.c1cc[cH-]c1. The van der Waals surface area contributed by atoms with Crippen LogP contribution >= 0.6 is 0 Å². The Hall–Kier alpha value is -1.02. The molecule has 0 saturated carbocycles. The van der Waals surface area contributed by atoms with E-state index in [1.807, 2.05) is 30.3 Å². The van der Waals surface area contributed by atoms with E-state index in [9.17, 15) is 26.3 Å². The Labute approximate surface area is 170 Å². The summed E-state index contributed by atoms with van der Waals surface area (Å²) in [4.78, 5) is 0. The third kappa shape index (κ3) is 18.1. The third-order valence-corrected chi connectivity index (χ3v) is 2.66. The van der Waals surface area contributed by atoms with Crippen molar-refractivity contribution in [1.82, 2.24) is 0 Å². The molecule has 0 atom stereocenters. The van der Waals surface area contributed by atoms with E-state index in [4.69, 9.17) is 25.9 Å². The molecule has 0 fully saturated rings. The van der Waals surface area contributed by atoms with E-state index in [0.717, 1.165) is 0 Å². The van der Waals surface area contributed by atoms with E-state index in [0.29, 0.717) is 0 Å². The van der Waals surface area contributed by atoms with Gasteiger partial charge in [-0.2, -0.15) is 61.4 Å². The quantitative estimate of drug-likeness (QED) is 0.241. The van der Waals surface area contributed by atoms with Crippen LogP contribution in [-0.4, -0.2) is 37.0 Å². The van der Waals surface area contributed by atoms with E-state index in [2.05, 4.69) is 24.3 Å². The third-order valence-electron chi connectivity index (χ3n) is 1.49. The van der Waals surface area contributed by atoms with Gasteiger partial charge < -0.3 is 30.3 Å². The Balaban J connectivity index is -0.000000286. The van der Waals surface area contributed by atoms with Gasteiger partial charge in [0.05, 0.1) is 0 Å². The molecule has 2 rings (SSSR count). The fourth-order valence-corrected chi connectivity index (χ4v) is 0.501. The van der Waals surface area contributed by atoms with Crippen molar-refractivity contribution in [3.05, 3.63) is 60.7 Å². The van der Waals surface area contributed by atoms with Crippen LogP contribution in [0, 0.1) is 24.3 Å². The Bertz CT molecular complexity index is 663. The van der Waals surface area contributed by atoms with E-state index in [-0.39, 0.29) is 26.2 Å². The predicted octanol–water partition coefficient (Wildman–Crippen LogP) is 2.80. The Morgan fingerprint density at radius 1 is 0.741 bits per heavy atom. The van der Waals surface area contributed by atoms with Gasteiger partial charge in [0.2, 0.25) is 0 Å². The van der Waals surface area contributed by atoms with E-state index in [1.165, 1.54) is 0 Å². The number of alkyl halides is 6. The minimum atomic E-state index is -5.84. The molecule has 27 heavy (non-hydrogen) atoms. The van der Waals surface area contributed by atoms with Crippen LogP contribution in [0.25, 0.3) is 0 Å². The van der Waals surface area contributed by atoms with E-state index < -0.39 is 31.3 Å². The van der Waals surface area contributed by atoms with Crippen LogP contribution in [0.2, 0.25) is 0 Å². The molecule has 0 aliphatic rings. The summed E-state index contributed by atoms with van der Waals surface area (Å²) in [5, 5.41) is 0. The van der Waals surface area contributed by atoms with Gasteiger partial charge in [-0.25, -0.2) is 12.1 Å². The standard InChI is InChI=1S/C5H5.C5H.2CHF3O3S.Zr/c2*1-2-4-5-3-1;2*2-1(3,4)8(5,6)7;/h1-5H;1H;2*(H,5,6,7);/q-1;-5;;;. The maximum atomic E-state index is 10.7. The average Bonchev–Trinajstić information content (AvgIpc) is 3.15. The number of hydrogen-bond acceptors (Lipinski definition) is 4. The van der Waals surface area contributed by atoms with Gasteiger partial charge in [0.1, 0.15) is 0 Å². The number of hydrogen-bond donors (Lipinski definition) is 2. The Morgan fingerprint density at radius 2 is 1.00 bits per heavy atom. The minimum Gasteiger partial charge on any atom is -0.999 e. The van der Waals surface area contributed by atoms with Crippen molar-refractivity contribution in [2.45, 2.75) is 11.0 Å². The van der Waals surface area contributed by atoms with Gasteiger partial charge in [0, 0.05) is 26.2 Å². The molecule has 15 heteroatoms. The summed E-state index contributed by atoms with van der Waals surface area (Å²) in [6, 6.07) is 22.0. The van der Waals surface area contributed by atoms with Gasteiger partial charge in [0.15, 0.2) is 0 Å². The van der Waals surface area contributed by atoms with Crippen LogP contribution in [0.5, 0.6) is 0 Å². The zero-order valence-electron chi connectivity index (χ0n) is 12.6. The molecule has 2 aromatic rings. The van der Waals surface area contributed by atoms with Crippen LogP contribution in [0.1, 0.15) is 0 Å². The fraction of sp³-hybridized carbons (Fsp3) is 0.167. The molecule has 2 N–H and O–H groups in total. The van der Waals surface area contributed by atoms with Crippen molar-refractivity contribution in [1.29, 1.82) is 0 Å². The molecule has 0 aromatic heterocycles. The fourth-order valence-electron chi connectivity index (χ4n) is 0.501. The van der Waals surface area contributed by atoms with Gasteiger partial charge in [-0.15, -0.1) is 0 Å². The molecule has 0 amide bonds. The van der Waals surface area contributed by atoms with Gasteiger partial charge in [-0.3, -0.25) is 9.11 Å². The molecule has 156 valence electrons. The molecule has 0 unspecified atom stereocenters. The van der Waals surface area contributed by atoms with Crippen LogP contribution in [0.3, 0.4) is 0 Å². The van der Waals surface area contributed by atoms with Gasteiger partial charge in [0.25, 0.3) is 0 Å². The first-order chi connectivity index (χ1) is 11.5. The molecule has 0 saturated heterocycles. The predicted molar refractivity (Wildman–Crippen MR) is 74.6 cm³/mol. The summed E-state index contributed by atoms with van der Waals surface area (Å²) >= 11 is 0. The number of rotatable bonds is 0. The summed E-state index contributed by atoms with van der Waals surface area (Å²) in [5.41, 5.74) is -11.1. The summed E-state index contributed by atoms with van der Waals surface area (Å²) in [5.74, 6) is 0. The van der Waals surface area contributed by atoms with Crippen LogP contribution in [0.15, 0.2) is 36.4 Å². The van der Waals surface area contributed by atoms with Gasteiger partial charge in [-0.1, -0.05) is 0 Å². The molecule has 0 bridgehead atoms. The normalized spacial score (nSPS) is 11.3. The van der Waals surface area contributed by atoms with Crippen molar-refractivity contribution in [3.8, 4) is 0 Å². The zero-order chi connectivity index (χ0) is 21.1. The van der Waals surface area contributed by atoms with Crippen molar-refractivity contribution < 1.29 is 78.5 Å². The first-order valence-electron chi connectivity index (χ1n) is 5.57. The maximum Gasteiger partial charge on any atom is 0.522 e. The summed E-state index contributed by atoms with van der Waals surface area (Å²) < 4.78 is 115. The molecule has 0 radical (unpaired) electrons. The van der Waals surface area contributed by atoms with Crippen molar-refractivity contribution >= 4 is 20.2 Å². The van der Waals surface area contributed by atoms with E-state index in [1.54, 1.807) is 6.07 Å². The van der Waals surface area contributed by atoms with Crippen LogP contribution in [0.4, 0.5) is 26.3 Å². The molecule has 0 spiro atoms. The molecule has 2 aromatic carbocycles.